The summed E-state index contributed by atoms with van der Waals surface area (Å²) in [5.41, 5.74) is 4.93. The van der Waals surface area contributed by atoms with Gasteiger partial charge >= 0.3 is 0 Å². The molecule has 0 unspecified atom stereocenters. The quantitative estimate of drug-likeness (QED) is 0.608. The van der Waals surface area contributed by atoms with Crippen LogP contribution in [0.15, 0.2) is 40.1 Å². The lowest BCUT2D eigenvalue weighted by atomic mass is 10.0. The van der Waals surface area contributed by atoms with Crippen molar-refractivity contribution < 1.29 is 4.42 Å². The number of furan rings is 1. The number of nitrogens with zero attached hydrogens (tertiary/aromatic N) is 2. The first-order chi connectivity index (χ1) is 11.1. The highest BCUT2D eigenvalue weighted by Gasteiger charge is 2.11. The summed E-state index contributed by atoms with van der Waals surface area (Å²) in [6.45, 7) is 6.03. The number of benzene rings is 1. The third-order valence-electron chi connectivity index (χ3n) is 3.56. The standard InChI is InChI=1S/C19H16N2OS/c1-12-4-7-17(13(2)8-12)18-11-23-19(21-18)15(10-20)9-16-6-5-14(3)22-16/h4-9,11H,1-3H3/b15-9-. The lowest BCUT2D eigenvalue weighted by Gasteiger charge is -2.03. The Morgan fingerprint density at radius 1 is 1.22 bits per heavy atom. The molecule has 0 amide bonds. The average Bonchev–Trinajstić information content (AvgIpc) is 3.14. The molecule has 0 atom stereocenters. The highest BCUT2D eigenvalue weighted by atomic mass is 32.1. The lowest BCUT2D eigenvalue weighted by Crippen LogP contribution is -1.86. The third-order valence-corrected chi connectivity index (χ3v) is 4.44. The first kappa shape index (κ1) is 15.3. The molecule has 114 valence electrons. The minimum absolute atomic E-state index is 0.514. The predicted molar refractivity (Wildman–Crippen MR) is 94.0 cm³/mol. The van der Waals surface area contributed by atoms with Crippen molar-refractivity contribution in [3.05, 3.63) is 63.4 Å². The molecule has 3 nitrogen and oxygen atoms in total. The van der Waals surface area contributed by atoms with Crippen molar-refractivity contribution in [2.75, 3.05) is 0 Å². The van der Waals surface area contributed by atoms with Crippen molar-refractivity contribution >= 4 is 23.0 Å². The highest BCUT2D eigenvalue weighted by Crippen LogP contribution is 2.29. The molecule has 0 saturated heterocycles. The molecular formula is C19H16N2OS. The molecule has 1 aromatic carbocycles. The normalized spacial score (nSPS) is 11.5. The van der Waals surface area contributed by atoms with E-state index in [2.05, 4.69) is 43.1 Å². The van der Waals surface area contributed by atoms with Crippen molar-refractivity contribution in [3.8, 4) is 17.3 Å². The Bertz CT molecular complexity index is 925. The molecule has 0 saturated carbocycles. The van der Waals surface area contributed by atoms with Crippen LogP contribution in [-0.2, 0) is 0 Å². The van der Waals surface area contributed by atoms with Crippen LogP contribution in [0, 0.1) is 32.1 Å². The van der Waals surface area contributed by atoms with E-state index in [-0.39, 0.29) is 0 Å². The van der Waals surface area contributed by atoms with Gasteiger partial charge in [-0.1, -0.05) is 23.8 Å². The molecule has 0 spiro atoms. The molecule has 3 aromatic rings. The van der Waals surface area contributed by atoms with Crippen LogP contribution in [0.3, 0.4) is 0 Å². The zero-order valence-corrected chi connectivity index (χ0v) is 14.1. The van der Waals surface area contributed by atoms with Gasteiger partial charge in [-0.05, 0) is 38.5 Å². The molecule has 0 radical (unpaired) electrons. The van der Waals surface area contributed by atoms with Crippen LogP contribution in [0.4, 0.5) is 0 Å². The smallest absolute Gasteiger partial charge is 0.134 e. The summed E-state index contributed by atoms with van der Waals surface area (Å²) in [5.74, 6) is 1.49. The molecular weight excluding hydrogens is 304 g/mol. The number of allylic oxidation sites excluding steroid dienone is 1. The van der Waals surface area contributed by atoms with Gasteiger partial charge in [-0.3, -0.25) is 0 Å². The highest BCUT2D eigenvalue weighted by molar-refractivity contribution is 7.11. The van der Waals surface area contributed by atoms with Crippen molar-refractivity contribution in [3.63, 3.8) is 0 Å². The van der Waals surface area contributed by atoms with E-state index in [1.54, 1.807) is 6.08 Å². The Morgan fingerprint density at radius 3 is 2.70 bits per heavy atom. The fourth-order valence-electron chi connectivity index (χ4n) is 2.44. The summed E-state index contributed by atoms with van der Waals surface area (Å²) in [7, 11) is 0. The van der Waals surface area contributed by atoms with E-state index in [1.165, 1.54) is 22.5 Å². The molecule has 2 aromatic heterocycles. The van der Waals surface area contributed by atoms with E-state index in [1.807, 2.05) is 24.4 Å². The van der Waals surface area contributed by atoms with Gasteiger partial charge in [-0.2, -0.15) is 5.26 Å². The van der Waals surface area contributed by atoms with E-state index in [0.29, 0.717) is 16.3 Å². The monoisotopic (exact) mass is 320 g/mol. The molecule has 2 heterocycles. The minimum Gasteiger partial charge on any atom is -0.462 e. The maximum atomic E-state index is 9.43. The summed E-state index contributed by atoms with van der Waals surface area (Å²) in [4.78, 5) is 4.63. The summed E-state index contributed by atoms with van der Waals surface area (Å²) < 4.78 is 5.51. The van der Waals surface area contributed by atoms with E-state index >= 15 is 0 Å². The van der Waals surface area contributed by atoms with Crippen molar-refractivity contribution in [1.82, 2.24) is 4.98 Å². The molecule has 0 N–H and O–H groups in total. The molecule has 3 rings (SSSR count). The molecule has 0 bridgehead atoms. The van der Waals surface area contributed by atoms with Crippen LogP contribution in [0.2, 0.25) is 0 Å². The largest absolute Gasteiger partial charge is 0.462 e. The Morgan fingerprint density at radius 2 is 2.04 bits per heavy atom. The number of hydrogen-bond donors (Lipinski definition) is 0. The Hall–Kier alpha value is -2.64. The van der Waals surface area contributed by atoms with Gasteiger partial charge in [-0.15, -0.1) is 11.3 Å². The van der Waals surface area contributed by atoms with Gasteiger partial charge in [0.15, 0.2) is 0 Å². The summed E-state index contributed by atoms with van der Waals surface area (Å²) in [6, 6.07) is 12.2. The van der Waals surface area contributed by atoms with Gasteiger partial charge in [0.25, 0.3) is 0 Å². The maximum Gasteiger partial charge on any atom is 0.134 e. The number of thiazole rings is 1. The molecule has 0 aliphatic heterocycles. The number of aromatic nitrogens is 1. The maximum absolute atomic E-state index is 9.43. The lowest BCUT2D eigenvalue weighted by molar-refractivity contribution is 0.525. The second-order valence-corrected chi connectivity index (χ2v) is 6.33. The van der Waals surface area contributed by atoms with E-state index in [4.69, 9.17) is 4.42 Å². The van der Waals surface area contributed by atoms with Gasteiger partial charge in [0.05, 0.1) is 11.3 Å². The third kappa shape index (κ3) is 3.25. The first-order valence-corrected chi connectivity index (χ1v) is 8.16. The van der Waals surface area contributed by atoms with Crippen LogP contribution in [0.25, 0.3) is 22.9 Å². The molecule has 0 aliphatic carbocycles. The van der Waals surface area contributed by atoms with Gasteiger partial charge < -0.3 is 4.42 Å². The summed E-state index contributed by atoms with van der Waals surface area (Å²) >= 11 is 1.47. The number of rotatable bonds is 3. The van der Waals surface area contributed by atoms with E-state index in [9.17, 15) is 5.26 Å². The second kappa shape index (κ2) is 6.23. The Labute approximate surface area is 139 Å². The van der Waals surface area contributed by atoms with Crippen molar-refractivity contribution in [2.45, 2.75) is 20.8 Å². The van der Waals surface area contributed by atoms with Crippen molar-refractivity contribution in [1.29, 1.82) is 5.26 Å². The number of aryl methyl sites for hydroxylation is 3. The van der Waals surface area contributed by atoms with Crippen LogP contribution in [0.5, 0.6) is 0 Å². The second-order valence-electron chi connectivity index (χ2n) is 5.47. The van der Waals surface area contributed by atoms with Gasteiger partial charge in [-0.25, -0.2) is 4.98 Å². The number of hydrogen-bond acceptors (Lipinski definition) is 4. The fraction of sp³-hybridized carbons (Fsp3) is 0.158. The van der Waals surface area contributed by atoms with E-state index in [0.717, 1.165) is 17.0 Å². The Kier molecular flexibility index (Phi) is 4.14. The van der Waals surface area contributed by atoms with Crippen LogP contribution in [0.1, 0.15) is 27.7 Å². The molecule has 0 fully saturated rings. The SMILES string of the molecule is Cc1ccc(-c2csc(/C(C#N)=C\c3ccc(C)o3)n2)c(C)c1. The molecule has 0 aliphatic rings. The minimum atomic E-state index is 0.514. The van der Waals surface area contributed by atoms with Gasteiger partial charge in [0, 0.05) is 17.0 Å². The predicted octanol–water partition coefficient (Wildman–Crippen LogP) is 5.39. The van der Waals surface area contributed by atoms with Crippen molar-refractivity contribution in [2.24, 2.45) is 0 Å². The van der Waals surface area contributed by atoms with Gasteiger partial charge in [0.1, 0.15) is 22.6 Å². The fourth-order valence-corrected chi connectivity index (χ4v) is 3.22. The van der Waals surface area contributed by atoms with E-state index < -0.39 is 0 Å². The first-order valence-electron chi connectivity index (χ1n) is 7.28. The average molecular weight is 320 g/mol. The zero-order chi connectivity index (χ0) is 16.4. The summed E-state index contributed by atoms with van der Waals surface area (Å²) in [6.07, 6.45) is 1.73. The summed E-state index contributed by atoms with van der Waals surface area (Å²) in [5, 5.41) is 12.1. The number of nitriles is 1. The van der Waals surface area contributed by atoms with Gasteiger partial charge in [0.2, 0.25) is 0 Å². The van der Waals surface area contributed by atoms with Crippen LogP contribution < -0.4 is 0 Å². The van der Waals surface area contributed by atoms with Crippen LogP contribution >= 0.6 is 11.3 Å². The zero-order valence-electron chi connectivity index (χ0n) is 13.3. The molecule has 23 heavy (non-hydrogen) atoms. The topological polar surface area (TPSA) is 49.8 Å². The Balaban J connectivity index is 1.97. The molecule has 4 heteroatoms. The van der Waals surface area contributed by atoms with Crippen LogP contribution in [-0.4, -0.2) is 4.98 Å².